The van der Waals surface area contributed by atoms with Crippen LogP contribution in [-0.2, 0) is 14.3 Å². The molecule has 1 atom stereocenters. The van der Waals surface area contributed by atoms with Gasteiger partial charge in [-0.25, -0.2) is 0 Å². The predicted molar refractivity (Wildman–Crippen MR) is 57.1 cm³/mol. The Bertz CT molecular complexity index is 253. The van der Waals surface area contributed by atoms with Crippen LogP contribution in [0.1, 0.15) is 32.6 Å². The van der Waals surface area contributed by atoms with Gasteiger partial charge in [-0.1, -0.05) is 0 Å². The third-order valence-electron chi connectivity index (χ3n) is 3.42. The molecule has 2 aliphatic rings. The fraction of sp³-hybridized carbons (Fsp3) is 0.909. The Morgan fingerprint density at radius 2 is 1.94 bits per heavy atom. The number of carboxylic acids is 1. The minimum absolute atomic E-state index is 0.268. The molecule has 1 saturated carbocycles. The summed E-state index contributed by atoms with van der Waals surface area (Å²) in [4.78, 5) is 10.7. The van der Waals surface area contributed by atoms with Gasteiger partial charge in [0.05, 0.1) is 13.2 Å². The minimum atomic E-state index is -0.798. The maximum atomic E-state index is 10.7. The summed E-state index contributed by atoms with van der Waals surface area (Å²) in [6, 6.07) is -0.214. The zero-order valence-electron chi connectivity index (χ0n) is 9.57. The highest BCUT2D eigenvalue weighted by Gasteiger charge is 2.40. The van der Waals surface area contributed by atoms with E-state index in [1.54, 1.807) is 6.92 Å². The standard InChI is InChI=1S/C11H19NO4/c1-8(10(13)14)12-9-2-4-11(5-3-9)15-6-7-16-11/h8-9,12H,2-7H2,1H3,(H,13,14)/t8-/m0/s1. The van der Waals surface area contributed by atoms with E-state index >= 15 is 0 Å². The molecule has 0 radical (unpaired) electrons. The van der Waals surface area contributed by atoms with Gasteiger partial charge < -0.3 is 19.9 Å². The smallest absolute Gasteiger partial charge is 0.320 e. The molecule has 0 unspecified atom stereocenters. The molecule has 1 aliphatic heterocycles. The first-order chi connectivity index (χ1) is 7.61. The van der Waals surface area contributed by atoms with Crippen LogP contribution in [0.5, 0.6) is 0 Å². The molecule has 0 amide bonds. The van der Waals surface area contributed by atoms with E-state index in [-0.39, 0.29) is 11.8 Å². The van der Waals surface area contributed by atoms with Crippen LogP contribution in [0.15, 0.2) is 0 Å². The molecule has 0 aromatic carbocycles. The first-order valence-electron chi connectivity index (χ1n) is 5.88. The van der Waals surface area contributed by atoms with Crippen LogP contribution < -0.4 is 5.32 Å². The van der Waals surface area contributed by atoms with Gasteiger partial charge in [0.25, 0.3) is 0 Å². The number of hydrogen-bond donors (Lipinski definition) is 2. The Hall–Kier alpha value is -0.650. The minimum Gasteiger partial charge on any atom is -0.480 e. The van der Waals surface area contributed by atoms with Gasteiger partial charge in [-0.2, -0.15) is 0 Å². The summed E-state index contributed by atoms with van der Waals surface area (Å²) < 4.78 is 11.2. The molecule has 2 N–H and O–H groups in total. The first kappa shape index (κ1) is 11.8. The predicted octanol–water partition coefficient (Wildman–Crippen LogP) is 0.735. The summed E-state index contributed by atoms with van der Waals surface area (Å²) in [5.74, 6) is -1.15. The number of rotatable bonds is 3. The Morgan fingerprint density at radius 3 is 2.44 bits per heavy atom. The van der Waals surface area contributed by atoms with Gasteiger partial charge in [-0.15, -0.1) is 0 Å². The lowest BCUT2D eigenvalue weighted by Gasteiger charge is -2.36. The van der Waals surface area contributed by atoms with Crippen molar-refractivity contribution in [2.45, 2.75) is 50.5 Å². The highest BCUT2D eigenvalue weighted by Crippen LogP contribution is 2.35. The van der Waals surface area contributed by atoms with Gasteiger partial charge in [0.1, 0.15) is 6.04 Å². The quantitative estimate of drug-likeness (QED) is 0.747. The highest BCUT2D eigenvalue weighted by atomic mass is 16.7. The lowest BCUT2D eigenvalue weighted by molar-refractivity contribution is -0.179. The largest absolute Gasteiger partial charge is 0.480 e. The van der Waals surface area contributed by atoms with Crippen LogP contribution in [0.25, 0.3) is 0 Å². The van der Waals surface area contributed by atoms with Gasteiger partial charge in [0.15, 0.2) is 5.79 Å². The summed E-state index contributed by atoms with van der Waals surface area (Å²) in [7, 11) is 0. The molecule has 92 valence electrons. The van der Waals surface area contributed by atoms with E-state index in [0.717, 1.165) is 25.7 Å². The monoisotopic (exact) mass is 229 g/mol. The van der Waals surface area contributed by atoms with Crippen molar-refractivity contribution in [3.63, 3.8) is 0 Å². The van der Waals surface area contributed by atoms with Crippen LogP contribution in [0.2, 0.25) is 0 Å². The Morgan fingerprint density at radius 1 is 1.38 bits per heavy atom. The molecule has 2 rings (SSSR count). The summed E-state index contributed by atoms with van der Waals surface area (Å²) in [6.07, 6.45) is 3.54. The van der Waals surface area contributed by atoms with E-state index in [1.165, 1.54) is 0 Å². The Balaban J connectivity index is 1.78. The fourth-order valence-corrected chi connectivity index (χ4v) is 2.43. The molecule has 1 saturated heterocycles. The Kier molecular flexibility index (Phi) is 3.47. The summed E-state index contributed by atoms with van der Waals surface area (Å²) in [5.41, 5.74) is 0. The summed E-state index contributed by atoms with van der Waals surface area (Å²) in [6.45, 7) is 3.04. The SMILES string of the molecule is C[C@H](NC1CCC2(CC1)OCCO2)C(=O)O. The van der Waals surface area contributed by atoms with Crippen molar-refractivity contribution in [1.82, 2.24) is 5.32 Å². The molecule has 16 heavy (non-hydrogen) atoms. The molecule has 0 aromatic heterocycles. The second-order valence-corrected chi connectivity index (χ2v) is 4.61. The van der Waals surface area contributed by atoms with E-state index < -0.39 is 12.0 Å². The first-order valence-corrected chi connectivity index (χ1v) is 5.88. The number of hydrogen-bond acceptors (Lipinski definition) is 4. The van der Waals surface area contributed by atoms with E-state index in [4.69, 9.17) is 14.6 Å². The number of aliphatic carboxylic acids is 1. The fourth-order valence-electron chi connectivity index (χ4n) is 2.43. The van der Waals surface area contributed by atoms with Gasteiger partial charge in [0, 0.05) is 18.9 Å². The third kappa shape index (κ3) is 2.53. The van der Waals surface area contributed by atoms with Crippen molar-refractivity contribution in [3.05, 3.63) is 0 Å². The lowest BCUT2D eigenvalue weighted by Crippen LogP contribution is -2.46. The van der Waals surface area contributed by atoms with Crippen LogP contribution in [0.4, 0.5) is 0 Å². The zero-order chi connectivity index (χ0) is 11.6. The molecule has 5 nitrogen and oxygen atoms in total. The second kappa shape index (κ2) is 4.69. The summed E-state index contributed by atoms with van der Waals surface area (Å²) in [5, 5.41) is 11.9. The maximum absolute atomic E-state index is 10.7. The topological polar surface area (TPSA) is 67.8 Å². The lowest BCUT2D eigenvalue weighted by atomic mass is 9.89. The molecule has 1 aliphatic carbocycles. The van der Waals surface area contributed by atoms with Crippen molar-refractivity contribution in [1.29, 1.82) is 0 Å². The van der Waals surface area contributed by atoms with Crippen molar-refractivity contribution >= 4 is 5.97 Å². The van der Waals surface area contributed by atoms with Crippen LogP contribution in [0.3, 0.4) is 0 Å². The third-order valence-corrected chi connectivity index (χ3v) is 3.42. The van der Waals surface area contributed by atoms with E-state index in [0.29, 0.717) is 13.2 Å². The van der Waals surface area contributed by atoms with E-state index in [1.807, 2.05) is 0 Å². The van der Waals surface area contributed by atoms with E-state index in [9.17, 15) is 4.79 Å². The van der Waals surface area contributed by atoms with Crippen molar-refractivity contribution in [2.24, 2.45) is 0 Å². The normalized spacial score (nSPS) is 27.1. The number of carbonyl (C=O) groups is 1. The van der Waals surface area contributed by atoms with Crippen LogP contribution in [-0.4, -0.2) is 42.2 Å². The van der Waals surface area contributed by atoms with E-state index in [2.05, 4.69) is 5.32 Å². The molecule has 0 aromatic rings. The number of ether oxygens (including phenoxy) is 2. The number of nitrogens with one attached hydrogen (secondary N) is 1. The van der Waals surface area contributed by atoms with Gasteiger partial charge in [-0.3, -0.25) is 4.79 Å². The Labute approximate surface area is 95.1 Å². The van der Waals surface area contributed by atoms with Gasteiger partial charge in [-0.05, 0) is 19.8 Å². The average Bonchev–Trinajstić information content (AvgIpc) is 2.70. The molecule has 1 heterocycles. The molecule has 1 spiro atoms. The number of carboxylic acid groups (broad SMARTS) is 1. The van der Waals surface area contributed by atoms with Crippen LogP contribution >= 0.6 is 0 Å². The zero-order valence-corrected chi connectivity index (χ0v) is 9.57. The van der Waals surface area contributed by atoms with Crippen molar-refractivity contribution in [3.8, 4) is 0 Å². The molecule has 5 heteroatoms. The van der Waals surface area contributed by atoms with Crippen molar-refractivity contribution < 1.29 is 19.4 Å². The second-order valence-electron chi connectivity index (χ2n) is 4.61. The van der Waals surface area contributed by atoms with Gasteiger partial charge in [0.2, 0.25) is 0 Å². The molecule has 2 fully saturated rings. The maximum Gasteiger partial charge on any atom is 0.320 e. The summed E-state index contributed by atoms with van der Waals surface area (Å²) >= 11 is 0. The molecular formula is C11H19NO4. The highest BCUT2D eigenvalue weighted by molar-refractivity contribution is 5.72. The van der Waals surface area contributed by atoms with Crippen molar-refractivity contribution in [2.75, 3.05) is 13.2 Å². The average molecular weight is 229 g/mol. The van der Waals surface area contributed by atoms with Gasteiger partial charge >= 0.3 is 5.97 Å². The molecular weight excluding hydrogens is 210 g/mol. The van der Waals surface area contributed by atoms with Crippen LogP contribution in [0, 0.1) is 0 Å². The molecule has 0 bridgehead atoms.